The predicted molar refractivity (Wildman–Crippen MR) is 94.9 cm³/mol. The van der Waals surface area contributed by atoms with Crippen molar-refractivity contribution in [3.8, 4) is 0 Å². The maximum absolute atomic E-state index is 12.8. The fourth-order valence-electron chi connectivity index (χ4n) is 3.40. The maximum Gasteiger partial charge on any atom is 0.142 e. The van der Waals surface area contributed by atoms with Gasteiger partial charge in [0.25, 0.3) is 0 Å². The Balaban J connectivity index is 2.02. The summed E-state index contributed by atoms with van der Waals surface area (Å²) in [7, 11) is 0. The van der Waals surface area contributed by atoms with Gasteiger partial charge in [-0.15, -0.1) is 0 Å². The number of carbonyl (C=O) groups is 1. The van der Waals surface area contributed by atoms with E-state index in [0.29, 0.717) is 10.0 Å². The SMILES string of the molecule is C[C@H]1C(=O)[C@H](C)[C@H](c2ccccc2Cl)N[C@@H]1c1ccccc1Cl. The van der Waals surface area contributed by atoms with Gasteiger partial charge in [-0.3, -0.25) is 4.79 Å². The van der Waals surface area contributed by atoms with Crippen LogP contribution in [-0.2, 0) is 4.79 Å². The third-order valence-corrected chi connectivity index (χ3v) is 5.43. The van der Waals surface area contributed by atoms with Gasteiger partial charge in [0.15, 0.2) is 0 Å². The lowest BCUT2D eigenvalue weighted by Gasteiger charge is -2.40. The molecular weight excluding hydrogens is 329 g/mol. The zero-order valence-corrected chi connectivity index (χ0v) is 14.6. The van der Waals surface area contributed by atoms with Gasteiger partial charge in [-0.1, -0.05) is 73.4 Å². The average Bonchev–Trinajstić information content (AvgIpc) is 2.55. The minimum atomic E-state index is -0.136. The Morgan fingerprint density at radius 1 is 0.783 bits per heavy atom. The molecule has 3 rings (SSSR count). The van der Waals surface area contributed by atoms with Crippen LogP contribution in [0.4, 0.5) is 0 Å². The summed E-state index contributed by atoms with van der Waals surface area (Å²) in [5.74, 6) is -0.0362. The van der Waals surface area contributed by atoms with Gasteiger partial charge in [0.05, 0.1) is 0 Å². The molecule has 2 nitrogen and oxygen atoms in total. The first-order chi connectivity index (χ1) is 11.0. The molecule has 4 atom stereocenters. The number of piperidine rings is 1. The van der Waals surface area contributed by atoms with Crippen LogP contribution >= 0.6 is 23.2 Å². The minimum Gasteiger partial charge on any atom is -0.302 e. The van der Waals surface area contributed by atoms with Crippen molar-refractivity contribution in [2.45, 2.75) is 25.9 Å². The Morgan fingerprint density at radius 2 is 1.17 bits per heavy atom. The number of rotatable bonds is 2. The molecule has 0 bridgehead atoms. The zero-order chi connectivity index (χ0) is 16.6. The summed E-state index contributed by atoms with van der Waals surface area (Å²) < 4.78 is 0. The molecule has 0 spiro atoms. The van der Waals surface area contributed by atoms with Crippen LogP contribution in [0.5, 0.6) is 0 Å². The van der Waals surface area contributed by atoms with E-state index >= 15 is 0 Å². The van der Waals surface area contributed by atoms with Crippen LogP contribution in [-0.4, -0.2) is 5.78 Å². The molecule has 1 saturated heterocycles. The molecule has 1 N–H and O–H groups in total. The van der Waals surface area contributed by atoms with Crippen LogP contribution in [0.15, 0.2) is 48.5 Å². The number of benzene rings is 2. The number of Topliss-reactive ketones (excluding diaryl/α,β-unsaturated/α-hetero) is 1. The van der Waals surface area contributed by atoms with Crippen LogP contribution in [0.3, 0.4) is 0 Å². The summed E-state index contributed by atoms with van der Waals surface area (Å²) in [6.07, 6.45) is 0. The molecule has 0 unspecified atom stereocenters. The molecule has 2 aromatic carbocycles. The third-order valence-electron chi connectivity index (χ3n) is 4.74. The van der Waals surface area contributed by atoms with E-state index in [0.717, 1.165) is 11.1 Å². The molecule has 0 radical (unpaired) electrons. The Morgan fingerprint density at radius 3 is 1.57 bits per heavy atom. The monoisotopic (exact) mass is 347 g/mol. The van der Waals surface area contributed by atoms with Gasteiger partial charge >= 0.3 is 0 Å². The summed E-state index contributed by atoms with van der Waals surface area (Å²) in [5, 5.41) is 4.96. The maximum atomic E-state index is 12.8. The van der Waals surface area contributed by atoms with E-state index in [4.69, 9.17) is 23.2 Å². The van der Waals surface area contributed by atoms with Gasteiger partial charge in [0.2, 0.25) is 0 Å². The van der Waals surface area contributed by atoms with Crippen LogP contribution in [0.25, 0.3) is 0 Å². The number of hydrogen-bond acceptors (Lipinski definition) is 2. The first-order valence-corrected chi connectivity index (χ1v) is 8.55. The van der Waals surface area contributed by atoms with Crippen LogP contribution in [0.2, 0.25) is 10.0 Å². The molecule has 1 fully saturated rings. The van der Waals surface area contributed by atoms with Crippen molar-refractivity contribution in [2.75, 3.05) is 0 Å². The van der Waals surface area contributed by atoms with Crippen molar-refractivity contribution in [1.29, 1.82) is 0 Å². The second-order valence-corrected chi connectivity index (χ2v) is 6.96. The lowest BCUT2D eigenvalue weighted by Crippen LogP contribution is -2.46. The quantitative estimate of drug-likeness (QED) is 0.806. The van der Waals surface area contributed by atoms with Gasteiger partial charge in [0.1, 0.15) is 5.78 Å². The summed E-state index contributed by atoms with van der Waals surface area (Å²) in [5.41, 5.74) is 1.91. The van der Waals surface area contributed by atoms with Crippen molar-refractivity contribution in [1.82, 2.24) is 5.32 Å². The smallest absolute Gasteiger partial charge is 0.142 e. The largest absolute Gasteiger partial charge is 0.302 e. The van der Waals surface area contributed by atoms with Crippen molar-refractivity contribution >= 4 is 29.0 Å². The molecule has 0 saturated carbocycles. The van der Waals surface area contributed by atoms with E-state index in [1.54, 1.807) is 0 Å². The second kappa shape index (κ2) is 6.64. The molecule has 0 aromatic heterocycles. The average molecular weight is 348 g/mol. The van der Waals surface area contributed by atoms with Crippen LogP contribution < -0.4 is 5.32 Å². The number of halogens is 2. The normalized spacial score (nSPS) is 27.9. The number of ketones is 1. The molecular formula is C19H19Cl2NO. The van der Waals surface area contributed by atoms with Gasteiger partial charge in [-0.05, 0) is 23.3 Å². The van der Waals surface area contributed by atoms with E-state index in [-0.39, 0.29) is 29.7 Å². The zero-order valence-electron chi connectivity index (χ0n) is 13.1. The summed E-state index contributed by atoms with van der Waals surface area (Å²) >= 11 is 12.7. The number of nitrogens with one attached hydrogen (secondary N) is 1. The third kappa shape index (κ3) is 3.03. The fraction of sp³-hybridized carbons (Fsp3) is 0.316. The molecule has 120 valence electrons. The van der Waals surface area contributed by atoms with Crippen molar-refractivity contribution < 1.29 is 4.79 Å². The molecule has 2 aromatic rings. The highest BCUT2D eigenvalue weighted by atomic mass is 35.5. The topological polar surface area (TPSA) is 29.1 Å². The van der Waals surface area contributed by atoms with E-state index in [2.05, 4.69) is 5.32 Å². The van der Waals surface area contributed by atoms with E-state index in [1.807, 2.05) is 62.4 Å². The van der Waals surface area contributed by atoms with Gasteiger partial charge in [-0.25, -0.2) is 0 Å². The first-order valence-electron chi connectivity index (χ1n) is 7.79. The molecule has 4 heteroatoms. The van der Waals surface area contributed by atoms with Crippen molar-refractivity contribution in [3.63, 3.8) is 0 Å². The first kappa shape index (κ1) is 16.5. The Hall–Kier alpha value is -1.35. The predicted octanol–water partition coefficient (Wildman–Crippen LogP) is 5.22. The molecule has 1 aliphatic rings. The summed E-state index contributed by atoms with van der Waals surface area (Å²) in [6.45, 7) is 3.92. The lowest BCUT2D eigenvalue weighted by molar-refractivity contribution is -0.130. The molecule has 1 aliphatic heterocycles. The standard InChI is InChI=1S/C19H19Cl2NO/c1-11-17(13-7-3-5-9-15(13)20)22-18(12(2)19(11)23)14-8-4-6-10-16(14)21/h3-12,17-18,22H,1-2H3/t11-,12-,17-,18+/m1/s1. The van der Waals surface area contributed by atoms with E-state index in [9.17, 15) is 4.79 Å². The highest BCUT2D eigenvalue weighted by Gasteiger charge is 2.41. The Labute approximate surface area is 146 Å². The number of hydrogen-bond donors (Lipinski definition) is 1. The van der Waals surface area contributed by atoms with Crippen molar-refractivity contribution in [2.24, 2.45) is 11.8 Å². The Bertz CT molecular complexity index is 671. The molecule has 1 heterocycles. The highest BCUT2D eigenvalue weighted by molar-refractivity contribution is 6.31. The van der Waals surface area contributed by atoms with Gasteiger partial charge in [-0.2, -0.15) is 0 Å². The minimum absolute atomic E-state index is 0.117. The molecule has 23 heavy (non-hydrogen) atoms. The van der Waals surface area contributed by atoms with Crippen LogP contribution in [0.1, 0.15) is 37.1 Å². The lowest BCUT2D eigenvalue weighted by atomic mass is 9.76. The van der Waals surface area contributed by atoms with Crippen LogP contribution in [0, 0.1) is 11.8 Å². The fourth-order valence-corrected chi connectivity index (χ4v) is 3.90. The van der Waals surface area contributed by atoms with Crippen molar-refractivity contribution in [3.05, 3.63) is 69.7 Å². The van der Waals surface area contributed by atoms with Gasteiger partial charge < -0.3 is 5.32 Å². The van der Waals surface area contributed by atoms with E-state index < -0.39 is 0 Å². The molecule has 0 amide bonds. The second-order valence-electron chi connectivity index (χ2n) is 6.14. The van der Waals surface area contributed by atoms with E-state index in [1.165, 1.54) is 0 Å². The van der Waals surface area contributed by atoms with Gasteiger partial charge in [0, 0.05) is 34.0 Å². The Kier molecular flexibility index (Phi) is 4.77. The summed E-state index contributed by atoms with van der Waals surface area (Å²) in [6, 6.07) is 15.1. The highest BCUT2D eigenvalue weighted by Crippen LogP contribution is 2.41. The molecule has 0 aliphatic carbocycles. The number of carbonyl (C=O) groups excluding carboxylic acids is 1. The summed E-state index contributed by atoms with van der Waals surface area (Å²) in [4.78, 5) is 12.8.